The predicted molar refractivity (Wildman–Crippen MR) is 124 cm³/mol. The fourth-order valence-corrected chi connectivity index (χ4v) is 5.28. The van der Waals surface area contributed by atoms with Gasteiger partial charge in [-0.25, -0.2) is 26.7 Å². The number of carbonyl (C=O) groups excluding carboxylic acids is 3. The number of anilines is 1. The quantitative estimate of drug-likeness (QED) is 0.541. The highest BCUT2D eigenvalue weighted by atomic mass is 35.5. The molecule has 0 radical (unpaired) electrons. The number of nitrogens with zero attached hydrogens (tertiary/aromatic N) is 2. The summed E-state index contributed by atoms with van der Waals surface area (Å²) >= 11 is 5.62. The van der Waals surface area contributed by atoms with Gasteiger partial charge in [-0.1, -0.05) is 35.9 Å². The highest BCUT2D eigenvalue weighted by Crippen LogP contribution is 2.28. The van der Waals surface area contributed by atoms with Gasteiger partial charge in [0.05, 0.1) is 22.8 Å². The van der Waals surface area contributed by atoms with E-state index in [1.165, 1.54) is 23.8 Å². The number of alkyl halides is 1. The van der Waals surface area contributed by atoms with Crippen LogP contribution in [0, 0.1) is 5.82 Å². The average Bonchev–Trinajstić information content (AvgIpc) is 3.36. The summed E-state index contributed by atoms with van der Waals surface area (Å²) in [5, 5.41) is 2.63. The zero-order valence-corrected chi connectivity index (χ0v) is 19.7. The Morgan fingerprint density at radius 2 is 1.83 bits per heavy atom. The van der Waals surface area contributed by atoms with E-state index >= 15 is 0 Å². The van der Waals surface area contributed by atoms with Crippen molar-refractivity contribution in [3.63, 3.8) is 0 Å². The van der Waals surface area contributed by atoms with Crippen LogP contribution in [0.3, 0.4) is 0 Å². The first kappa shape index (κ1) is 24.6. The third-order valence-corrected chi connectivity index (χ3v) is 7.20. The van der Waals surface area contributed by atoms with Gasteiger partial charge in [0, 0.05) is 24.9 Å². The van der Waals surface area contributed by atoms with Crippen molar-refractivity contribution in [2.45, 2.75) is 30.5 Å². The molecule has 1 fully saturated rings. The number of nitrogens with one attached hydrogen (secondary N) is 2. The molecule has 1 saturated heterocycles. The number of aromatic nitrogens is 1. The number of hydrogen-bond donors (Lipinski definition) is 2. The third kappa shape index (κ3) is 4.71. The van der Waals surface area contributed by atoms with E-state index in [0.717, 1.165) is 17.0 Å². The Labute approximate surface area is 203 Å². The number of fused-ring (bicyclic) bond motifs is 1. The van der Waals surface area contributed by atoms with E-state index in [1.807, 2.05) is 0 Å². The number of para-hydroxylation sites is 1. The van der Waals surface area contributed by atoms with Crippen molar-refractivity contribution in [3.8, 4) is 0 Å². The minimum Gasteiger partial charge on any atom is -0.309 e. The summed E-state index contributed by atoms with van der Waals surface area (Å²) in [6, 6.07) is 7.65. The molecule has 2 N–H and O–H groups in total. The van der Waals surface area contributed by atoms with Gasteiger partial charge in [0.15, 0.2) is 5.82 Å². The van der Waals surface area contributed by atoms with Crippen molar-refractivity contribution in [2.75, 3.05) is 11.9 Å². The van der Waals surface area contributed by atoms with Crippen molar-refractivity contribution in [3.05, 3.63) is 59.5 Å². The van der Waals surface area contributed by atoms with Gasteiger partial charge in [-0.2, -0.15) is 0 Å². The van der Waals surface area contributed by atoms with E-state index in [1.54, 1.807) is 29.0 Å². The van der Waals surface area contributed by atoms with Crippen LogP contribution >= 0.6 is 11.6 Å². The molecule has 4 rings (SSSR count). The maximum absolute atomic E-state index is 14.2. The summed E-state index contributed by atoms with van der Waals surface area (Å²) in [6.45, 7) is 0.872. The molecular formula is C22H19ClF2N4O5S. The fourth-order valence-electron chi connectivity index (χ4n) is 3.93. The number of benzene rings is 2. The van der Waals surface area contributed by atoms with E-state index in [4.69, 9.17) is 11.6 Å². The lowest BCUT2D eigenvalue weighted by atomic mass is 10.2. The van der Waals surface area contributed by atoms with Crippen molar-refractivity contribution in [1.29, 1.82) is 0 Å². The largest absolute Gasteiger partial charge is 0.322 e. The summed E-state index contributed by atoms with van der Waals surface area (Å²) in [5.41, 5.74) is 0.778. The van der Waals surface area contributed by atoms with E-state index in [9.17, 15) is 31.6 Å². The standard InChI is InChI=1S/C22H19ClF2N4O5S/c1-12(30)28-11-16(14-5-2-3-7-17(14)28)26-22(32)29-10-13(24)9-18(29)21(31)27-35(33,34)19-8-4-6-15(23)20(19)25/h2-8,11,13,18H,9-10H2,1H3,(H,26,32)(H,27,31)/t13-,18+/m1/s1. The van der Waals surface area contributed by atoms with E-state index < -0.39 is 62.9 Å². The maximum atomic E-state index is 14.2. The zero-order valence-electron chi connectivity index (χ0n) is 18.2. The molecule has 1 aliphatic heterocycles. The van der Waals surface area contributed by atoms with Gasteiger partial charge in [-0.15, -0.1) is 0 Å². The van der Waals surface area contributed by atoms with Crippen LogP contribution in [0.5, 0.6) is 0 Å². The molecule has 35 heavy (non-hydrogen) atoms. The predicted octanol–water partition coefficient (Wildman–Crippen LogP) is 3.54. The molecule has 2 heterocycles. The Bertz CT molecular complexity index is 1460. The van der Waals surface area contributed by atoms with Gasteiger partial charge in [0.25, 0.3) is 15.9 Å². The van der Waals surface area contributed by atoms with Gasteiger partial charge in [-0.05, 0) is 18.2 Å². The van der Waals surface area contributed by atoms with Crippen molar-refractivity contribution in [1.82, 2.24) is 14.2 Å². The maximum Gasteiger partial charge on any atom is 0.322 e. The smallest absolute Gasteiger partial charge is 0.309 e. The van der Waals surface area contributed by atoms with Gasteiger partial charge < -0.3 is 10.2 Å². The molecule has 3 aromatic rings. The van der Waals surface area contributed by atoms with Crippen LogP contribution in [-0.2, 0) is 14.8 Å². The lowest BCUT2D eigenvalue weighted by Gasteiger charge is -2.23. The number of hydrogen-bond acceptors (Lipinski definition) is 5. The molecule has 3 amide bonds. The lowest BCUT2D eigenvalue weighted by Crippen LogP contribution is -2.48. The number of halogens is 3. The van der Waals surface area contributed by atoms with Crippen LogP contribution in [0.4, 0.5) is 19.3 Å². The van der Waals surface area contributed by atoms with Crippen LogP contribution in [0.25, 0.3) is 10.9 Å². The monoisotopic (exact) mass is 524 g/mol. The number of amides is 3. The molecular weight excluding hydrogens is 506 g/mol. The molecule has 0 unspecified atom stereocenters. The van der Waals surface area contributed by atoms with Crippen LogP contribution in [0.15, 0.2) is 53.6 Å². The number of rotatable bonds is 4. The molecule has 1 aromatic heterocycles. The van der Waals surface area contributed by atoms with Crippen LogP contribution in [0.2, 0.25) is 5.02 Å². The van der Waals surface area contributed by atoms with Gasteiger partial charge in [0.2, 0.25) is 5.91 Å². The van der Waals surface area contributed by atoms with Crippen molar-refractivity contribution in [2.24, 2.45) is 0 Å². The summed E-state index contributed by atoms with van der Waals surface area (Å²) in [4.78, 5) is 37.7. The number of sulfonamides is 1. The fraction of sp³-hybridized carbons (Fsp3) is 0.227. The highest BCUT2D eigenvalue weighted by molar-refractivity contribution is 7.90. The van der Waals surface area contributed by atoms with Crippen molar-refractivity contribution < 1.29 is 31.6 Å². The number of carbonyl (C=O) groups is 3. The molecule has 0 saturated carbocycles. The molecule has 2 atom stereocenters. The van der Waals surface area contributed by atoms with Crippen LogP contribution in [-0.4, -0.2) is 54.5 Å². The van der Waals surface area contributed by atoms with E-state index in [-0.39, 0.29) is 11.6 Å². The zero-order chi connectivity index (χ0) is 25.5. The van der Waals surface area contributed by atoms with E-state index in [0.29, 0.717) is 10.9 Å². The Morgan fingerprint density at radius 1 is 1.11 bits per heavy atom. The Kier molecular flexibility index (Phi) is 6.52. The highest BCUT2D eigenvalue weighted by Gasteiger charge is 2.41. The lowest BCUT2D eigenvalue weighted by molar-refractivity contribution is -0.122. The summed E-state index contributed by atoms with van der Waals surface area (Å²) in [6.07, 6.45) is -0.655. The first-order valence-electron chi connectivity index (χ1n) is 10.3. The molecule has 0 bridgehead atoms. The first-order valence-corrected chi connectivity index (χ1v) is 12.2. The second kappa shape index (κ2) is 9.27. The summed E-state index contributed by atoms with van der Waals surface area (Å²) in [5.74, 6) is -2.76. The van der Waals surface area contributed by atoms with E-state index in [2.05, 4.69) is 5.32 Å². The Balaban J connectivity index is 1.57. The van der Waals surface area contributed by atoms with Crippen LogP contribution < -0.4 is 10.0 Å². The second-order valence-electron chi connectivity index (χ2n) is 7.90. The third-order valence-electron chi connectivity index (χ3n) is 5.55. The SMILES string of the molecule is CC(=O)n1cc(NC(=O)N2C[C@H](F)C[C@H]2C(=O)NS(=O)(=O)c2cccc(Cl)c2F)c2ccccc21. The molecule has 13 heteroatoms. The molecule has 0 spiro atoms. The Morgan fingerprint density at radius 3 is 2.54 bits per heavy atom. The number of urea groups is 1. The molecule has 2 aromatic carbocycles. The number of likely N-dealkylation sites (tertiary alicyclic amines) is 1. The minimum atomic E-state index is -4.69. The second-order valence-corrected chi connectivity index (χ2v) is 9.96. The normalized spacial score (nSPS) is 18.0. The molecule has 1 aliphatic rings. The Hall–Kier alpha value is -3.51. The van der Waals surface area contributed by atoms with Crippen molar-refractivity contribution >= 4 is 56.1 Å². The topological polar surface area (TPSA) is 118 Å². The van der Waals surface area contributed by atoms with Gasteiger partial charge in [-0.3, -0.25) is 14.2 Å². The van der Waals surface area contributed by atoms with Gasteiger partial charge in [0.1, 0.15) is 17.1 Å². The molecule has 9 nitrogen and oxygen atoms in total. The molecule has 0 aliphatic carbocycles. The minimum absolute atomic E-state index is 0.246. The summed E-state index contributed by atoms with van der Waals surface area (Å²) < 4.78 is 56.6. The van der Waals surface area contributed by atoms with Crippen LogP contribution in [0.1, 0.15) is 18.1 Å². The average molecular weight is 525 g/mol. The molecule has 184 valence electrons. The van der Waals surface area contributed by atoms with Gasteiger partial charge >= 0.3 is 6.03 Å². The first-order chi connectivity index (χ1) is 16.5. The summed E-state index contributed by atoms with van der Waals surface area (Å²) in [7, 11) is -4.69.